The Hall–Kier alpha value is -6.84. The van der Waals surface area contributed by atoms with Gasteiger partial charge in [-0.3, -0.25) is 4.99 Å². The van der Waals surface area contributed by atoms with Crippen molar-refractivity contribution in [3.8, 4) is 22.3 Å². The minimum absolute atomic E-state index is 0.415. The summed E-state index contributed by atoms with van der Waals surface area (Å²) in [5.41, 5.74) is 20.4. The Morgan fingerprint density at radius 2 is 1.16 bits per heavy atom. The second-order valence-corrected chi connectivity index (χ2v) is 14.1. The molecular weight excluding hydrogens is 679 g/mol. The third kappa shape index (κ3) is 7.20. The van der Waals surface area contributed by atoms with Crippen LogP contribution in [-0.4, -0.2) is 18.2 Å². The van der Waals surface area contributed by atoms with Crippen LogP contribution in [0.2, 0.25) is 0 Å². The molecule has 2 aliphatic rings. The Kier molecular flexibility index (Phi) is 10.8. The molecule has 0 heterocycles. The van der Waals surface area contributed by atoms with E-state index in [1.54, 1.807) is 0 Å². The lowest BCUT2D eigenvalue weighted by Crippen LogP contribution is -2.31. The fourth-order valence-electron chi connectivity index (χ4n) is 8.22. The third-order valence-electron chi connectivity index (χ3n) is 10.7. The average Bonchev–Trinajstić information content (AvgIpc) is 3.55. The summed E-state index contributed by atoms with van der Waals surface area (Å²) in [5, 5.41) is 0. The van der Waals surface area contributed by atoms with Crippen molar-refractivity contribution in [1.29, 1.82) is 0 Å². The van der Waals surface area contributed by atoms with Gasteiger partial charge in [0.25, 0.3) is 0 Å². The molecule has 0 fully saturated rings. The van der Waals surface area contributed by atoms with Gasteiger partial charge in [0.2, 0.25) is 0 Å². The number of rotatable bonds is 10. The largest absolute Gasteiger partial charge is 0.383 e. The zero-order valence-electron chi connectivity index (χ0n) is 31.7. The SMILES string of the molecule is C/C=C\C1=C(/C=C/CN=C(N=C(N)c2cccc(-c3ccccc3)c2)c2cccc(-c3ccccc3)c2)C(c2ccccc2)(c2ccccc2)C2=C1C=CCC2. The standard InChI is InChI=1S/C53H45N3/c1-2-20-47-48-33-15-16-34-49(48)53(45-29-11-5-12-30-45,46-31-13-6-14-32-46)50(47)35-19-36-55-52(44-28-18-26-42(38-44)40-23-9-4-10-24-40)56-51(54)43-27-17-25-41(37-43)39-21-7-3-8-22-39/h2-15,17-33,35,37-38H,16,34,36H2,1H3,(H2,54,55,56)/b20-2-,35-19+. The van der Waals surface area contributed by atoms with E-state index < -0.39 is 5.41 Å². The predicted octanol–water partition coefficient (Wildman–Crippen LogP) is 12.2. The van der Waals surface area contributed by atoms with Gasteiger partial charge in [-0.1, -0.05) is 194 Å². The van der Waals surface area contributed by atoms with Crippen molar-refractivity contribution < 1.29 is 0 Å². The quantitative estimate of drug-likeness (QED) is 0.111. The number of hydrogen-bond acceptors (Lipinski definition) is 1. The molecule has 0 saturated heterocycles. The second-order valence-electron chi connectivity index (χ2n) is 14.1. The first-order chi connectivity index (χ1) is 27.7. The molecule has 2 aliphatic carbocycles. The van der Waals surface area contributed by atoms with Crippen LogP contribution in [0.4, 0.5) is 0 Å². The Labute approximate surface area is 331 Å². The summed E-state index contributed by atoms with van der Waals surface area (Å²) in [6.07, 6.45) is 15.6. The van der Waals surface area contributed by atoms with Crippen LogP contribution in [0.1, 0.15) is 42.0 Å². The first-order valence-corrected chi connectivity index (χ1v) is 19.4. The third-order valence-corrected chi connectivity index (χ3v) is 10.7. The number of amidine groups is 2. The molecule has 0 aromatic heterocycles. The van der Waals surface area contributed by atoms with Gasteiger partial charge in [-0.05, 0) is 87.6 Å². The summed E-state index contributed by atoms with van der Waals surface area (Å²) in [5.74, 6) is 1.00. The number of nitrogens with two attached hydrogens (primary N) is 1. The molecule has 0 amide bonds. The zero-order chi connectivity index (χ0) is 38.2. The van der Waals surface area contributed by atoms with E-state index in [0.29, 0.717) is 18.2 Å². The monoisotopic (exact) mass is 723 g/mol. The van der Waals surface area contributed by atoms with E-state index in [2.05, 4.69) is 177 Å². The Bertz CT molecular complexity index is 2490. The minimum atomic E-state index is -0.434. The molecule has 8 rings (SSSR count). The maximum Gasteiger partial charge on any atom is 0.157 e. The van der Waals surface area contributed by atoms with Crippen molar-refractivity contribution in [1.82, 2.24) is 0 Å². The van der Waals surface area contributed by atoms with Crippen LogP contribution < -0.4 is 5.73 Å². The van der Waals surface area contributed by atoms with Gasteiger partial charge in [-0.2, -0.15) is 0 Å². The van der Waals surface area contributed by atoms with E-state index in [1.807, 2.05) is 36.4 Å². The summed E-state index contributed by atoms with van der Waals surface area (Å²) >= 11 is 0. The smallest absolute Gasteiger partial charge is 0.157 e. The van der Waals surface area contributed by atoms with Gasteiger partial charge in [0.1, 0.15) is 5.84 Å². The second kappa shape index (κ2) is 16.7. The normalized spacial score (nSPS) is 15.6. The number of benzene rings is 6. The predicted molar refractivity (Wildman–Crippen MR) is 236 cm³/mol. The van der Waals surface area contributed by atoms with E-state index in [9.17, 15) is 0 Å². The molecule has 0 saturated carbocycles. The van der Waals surface area contributed by atoms with Crippen LogP contribution in [0.5, 0.6) is 0 Å². The van der Waals surface area contributed by atoms with Crippen molar-refractivity contribution >= 4 is 11.7 Å². The van der Waals surface area contributed by atoms with Crippen LogP contribution in [-0.2, 0) is 5.41 Å². The summed E-state index contributed by atoms with van der Waals surface area (Å²) in [6, 6.07) is 59.3. The van der Waals surface area contributed by atoms with E-state index in [4.69, 9.17) is 15.7 Å². The van der Waals surface area contributed by atoms with Crippen molar-refractivity contribution in [2.75, 3.05) is 6.54 Å². The highest BCUT2D eigenvalue weighted by Crippen LogP contribution is 2.56. The van der Waals surface area contributed by atoms with Crippen LogP contribution in [0.3, 0.4) is 0 Å². The molecule has 0 unspecified atom stereocenters. The van der Waals surface area contributed by atoms with Crippen molar-refractivity contribution in [3.63, 3.8) is 0 Å². The van der Waals surface area contributed by atoms with Crippen LogP contribution in [0.25, 0.3) is 22.3 Å². The molecule has 0 aliphatic heterocycles. The van der Waals surface area contributed by atoms with Crippen molar-refractivity contribution in [3.05, 3.63) is 251 Å². The number of hydrogen-bond donors (Lipinski definition) is 1. The van der Waals surface area contributed by atoms with Gasteiger partial charge < -0.3 is 5.73 Å². The minimum Gasteiger partial charge on any atom is -0.383 e. The maximum absolute atomic E-state index is 6.84. The molecule has 6 aromatic carbocycles. The van der Waals surface area contributed by atoms with Gasteiger partial charge in [-0.25, -0.2) is 4.99 Å². The molecule has 2 N–H and O–H groups in total. The van der Waals surface area contributed by atoms with Gasteiger partial charge in [0.05, 0.1) is 12.0 Å². The fourth-order valence-corrected chi connectivity index (χ4v) is 8.22. The highest BCUT2D eigenvalue weighted by atomic mass is 15.0. The maximum atomic E-state index is 6.84. The average molecular weight is 724 g/mol. The lowest BCUT2D eigenvalue weighted by atomic mass is 9.64. The van der Waals surface area contributed by atoms with E-state index in [-0.39, 0.29) is 0 Å². The van der Waals surface area contributed by atoms with Gasteiger partial charge >= 0.3 is 0 Å². The lowest BCUT2D eigenvalue weighted by Gasteiger charge is -2.37. The number of aliphatic imine (C=N–C) groups is 2. The molecule has 0 spiro atoms. The van der Waals surface area contributed by atoms with E-state index in [1.165, 1.54) is 33.4 Å². The fraction of sp³-hybridized carbons (Fsp3) is 0.0943. The van der Waals surface area contributed by atoms with Gasteiger partial charge in [-0.15, -0.1) is 0 Å². The van der Waals surface area contributed by atoms with Crippen molar-refractivity contribution in [2.45, 2.75) is 25.2 Å². The zero-order valence-corrected chi connectivity index (χ0v) is 31.7. The molecule has 56 heavy (non-hydrogen) atoms. The topological polar surface area (TPSA) is 50.7 Å². The molecule has 272 valence electrons. The molecule has 3 heteroatoms. The molecule has 0 atom stereocenters. The highest BCUT2D eigenvalue weighted by molar-refractivity contribution is 6.11. The van der Waals surface area contributed by atoms with E-state index >= 15 is 0 Å². The first kappa shape index (κ1) is 36.2. The summed E-state index contributed by atoms with van der Waals surface area (Å²) in [4.78, 5) is 10.2. The molecule has 0 bridgehead atoms. The summed E-state index contributed by atoms with van der Waals surface area (Å²) < 4.78 is 0. The molecule has 6 aromatic rings. The summed E-state index contributed by atoms with van der Waals surface area (Å²) in [6.45, 7) is 2.52. The number of nitrogens with zero attached hydrogens (tertiary/aromatic N) is 2. The van der Waals surface area contributed by atoms with E-state index in [0.717, 1.165) is 46.2 Å². The Balaban J connectivity index is 1.23. The Morgan fingerprint density at radius 3 is 1.75 bits per heavy atom. The Morgan fingerprint density at radius 1 is 0.625 bits per heavy atom. The lowest BCUT2D eigenvalue weighted by molar-refractivity contribution is 0.687. The molecular formula is C53H45N3. The first-order valence-electron chi connectivity index (χ1n) is 19.4. The van der Waals surface area contributed by atoms with Crippen LogP contribution in [0, 0.1) is 0 Å². The number of allylic oxidation sites excluding steroid dienone is 9. The molecule has 0 radical (unpaired) electrons. The van der Waals surface area contributed by atoms with Crippen LogP contribution in [0.15, 0.2) is 239 Å². The molecule has 3 nitrogen and oxygen atoms in total. The van der Waals surface area contributed by atoms with Crippen LogP contribution >= 0.6 is 0 Å². The summed E-state index contributed by atoms with van der Waals surface area (Å²) in [7, 11) is 0. The highest BCUT2D eigenvalue weighted by Gasteiger charge is 2.47. The van der Waals surface area contributed by atoms with Crippen molar-refractivity contribution in [2.24, 2.45) is 15.7 Å². The van der Waals surface area contributed by atoms with Gasteiger partial charge in [0.15, 0.2) is 5.84 Å². The van der Waals surface area contributed by atoms with Gasteiger partial charge in [0, 0.05) is 11.1 Å².